The van der Waals surface area contributed by atoms with E-state index in [4.69, 9.17) is 0 Å². The number of halogens is 1. The Labute approximate surface area is 140 Å². The second-order valence-corrected chi connectivity index (χ2v) is 7.39. The monoisotopic (exact) mass is 369 g/mol. The van der Waals surface area contributed by atoms with Crippen molar-refractivity contribution >= 4 is 33.4 Å². The molecule has 0 fully saturated rings. The maximum absolute atomic E-state index is 12.0. The SMILES string of the molecule is Cc1cc(Br)ccc1NC(=O)CN(C)CC(=O)NC(C)(C)C. The van der Waals surface area contributed by atoms with Crippen molar-refractivity contribution in [3.8, 4) is 0 Å². The van der Waals surface area contributed by atoms with Crippen LogP contribution in [0.4, 0.5) is 5.69 Å². The lowest BCUT2D eigenvalue weighted by molar-refractivity contribution is -0.124. The Bertz CT molecular complexity index is 553. The van der Waals surface area contributed by atoms with Gasteiger partial charge in [0.2, 0.25) is 11.8 Å². The summed E-state index contributed by atoms with van der Waals surface area (Å²) in [4.78, 5) is 25.5. The van der Waals surface area contributed by atoms with E-state index in [0.29, 0.717) is 0 Å². The number of amides is 2. The third-order valence-corrected chi connectivity index (χ3v) is 3.30. The van der Waals surface area contributed by atoms with Gasteiger partial charge in [0.1, 0.15) is 0 Å². The average Bonchev–Trinajstić information content (AvgIpc) is 2.29. The van der Waals surface area contributed by atoms with Crippen LogP contribution in [0.3, 0.4) is 0 Å². The van der Waals surface area contributed by atoms with E-state index < -0.39 is 0 Å². The van der Waals surface area contributed by atoms with Gasteiger partial charge in [-0.2, -0.15) is 0 Å². The maximum atomic E-state index is 12.0. The highest BCUT2D eigenvalue weighted by molar-refractivity contribution is 9.10. The van der Waals surface area contributed by atoms with Gasteiger partial charge < -0.3 is 10.6 Å². The molecular formula is C16H24BrN3O2. The molecule has 1 rings (SSSR count). The minimum absolute atomic E-state index is 0.0948. The van der Waals surface area contributed by atoms with E-state index in [1.807, 2.05) is 45.9 Å². The van der Waals surface area contributed by atoms with Crippen LogP contribution < -0.4 is 10.6 Å². The quantitative estimate of drug-likeness (QED) is 0.838. The number of anilines is 1. The van der Waals surface area contributed by atoms with Crippen LogP contribution in [0, 0.1) is 6.92 Å². The summed E-state index contributed by atoms with van der Waals surface area (Å²) in [5, 5.41) is 5.73. The highest BCUT2D eigenvalue weighted by Gasteiger charge is 2.16. The minimum Gasteiger partial charge on any atom is -0.350 e. The number of aryl methyl sites for hydroxylation is 1. The normalized spacial score (nSPS) is 11.4. The minimum atomic E-state index is -0.269. The molecule has 0 saturated heterocycles. The largest absolute Gasteiger partial charge is 0.350 e. The number of nitrogens with zero attached hydrogens (tertiary/aromatic N) is 1. The Morgan fingerprint density at radius 2 is 1.77 bits per heavy atom. The first-order chi connectivity index (χ1) is 10.1. The molecule has 6 heteroatoms. The van der Waals surface area contributed by atoms with Gasteiger partial charge >= 0.3 is 0 Å². The molecule has 0 radical (unpaired) electrons. The van der Waals surface area contributed by atoms with Crippen LogP contribution in [-0.4, -0.2) is 42.4 Å². The molecule has 2 amide bonds. The van der Waals surface area contributed by atoms with E-state index in [-0.39, 0.29) is 30.4 Å². The summed E-state index contributed by atoms with van der Waals surface area (Å²) < 4.78 is 0.971. The van der Waals surface area contributed by atoms with E-state index in [1.165, 1.54) is 0 Å². The summed E-state index contributed by atoms with van der Waals surface area (Å²) in [6.07, 6.45) is 0. The molecule has 5 nitrogen and oxygen atoms in total. The lowest BCUT2D eigenvalue weighted by Gasteiger charge is -2.23. The lowest BCUT2D eigenvalue weighted by atomic mass is 10.1. The summed E-state index contributed by atoms with van der Waals surface area (Å²) in [5.74, 6) is -0.237. The standard InChI is InChI=1S/C16H24BrN3O2/c1-11-8-12(17)6-7-13(11)18-14(21)9-20(5)10-15(22)19-16(2,3)4/h6-8H,9-10H2,1-5H3,(H,18,21)(H,19,22). The fraction of sp³-hybridized carbons (Fsp3) is 0.500. The predicted octanol–water partition coefficient (Wildman–Crippen LogP) is 2.54. The number of hydrogen-bond donors (Lipinski definition) is 2. The Balaban J connectivity index is 2.49. The van der Waals surface area contributed by atoms with Gasteiger partial charge in [-0.05, 0) is 58.5 Å². The van der Waals surface area contributed by atoms with Crippen molar-refractivity contribution in [3.05, 3.63) is 28.2 Å². The van der Waals surface area contributed by atoms with Crippen molar-refractivity contribution in [3.63, 3.8) is 0 Å². The Kier molecular flexibility index (Phi) is 6.56. The van der Waals surface area contributed by atoms with Gasteiger partial charge in [0, 0.05) is 15.7 Å². The molecule has 0 atom stereocenters. The molecule has 122 valence electrons. The highest BCUT2D eigenvalue weighted by Crippen LogP contribution is 2.19. The molecule has 0 spiro atoms. The summed E-state index contributed by atoms with van der Waals surface area (Å²) in [6, 6.07) is 5.67. The molecule has 1 aromatic carbocycles. The van der Waals surface area contributed by atoms with Gasteiger partial charge in [-0.15, -0.1) is 0 Å². The van der Waals surface area contributed by atoms with Crippen molar-refractivity contribution in [2.24, 2.45) is 0 Å². The van der Waals surface area contributed by atoms with E-state index in [9.17, 15) is 9.59 Å². The smallest absolute Gasteiger partial charge is 0.238 e. The molecule has 0 aliphatic heterocycles. The second-order valence-electron chi connectivity index (χ2n) is 6.48. The van der Waals surface area contributed by atoms with E-state index in [0.717, 1.165) is 15.7 Å². The molecule has 1 aromatic rings. The van der Waals surface area contributed by atoms with Crippen molar-refractivity contribution in [2.75, 3.05) is 25.5 Å². The summed E-state index contributed by atoms with van der Waals surface area (Å²) in [7, 11) is 1.75. The first kappa shape index (κ1) is 18.6. The zero-order chi connectivity index (χ0) is 16.9. The number of benzene rings is 1. The average molecular weight is 370 g/mol. The molecular weight excluding hydrogens is 346 g/mol. The third kappa shape index (κ3) is 7.04. The number of likely N-dealkylation sites (N-methyl/N-ethyl adjacent to an activating group) is 1. The fourth-order valence-corrected chi connectivity index (χ4v) is 2.44. The van der Waals surface area contributed by atoms with Gasteiger partial charge in [-0.1, -0.05) is 15.9 Å². The summed E-state index contributed by atoms with van der Waals surface area (Å²) in [6.45, 7) is 8.05. The van der Waals surface area contributed by atoms with Crippen molar-refractivity contribution in [1.82, 2.24) is 10.2 Å². The fourth-order valence-electron chi connectivity index (χ4n) is 1.96. The second kappa shape index (κ2) is 7.74. The van der Waals surface area contributed by atoms with E-state index >= 15 is 0 Å². The molecule has 0 heterocycles. The van der Waals surface area contributed by atoms with Gasteiger partial charge in [0.25, 0.3) is 0 Å². The predicted molar refractivity (Wildman–Crippen MR) is 92.9 cm³/mol. The van der Waals surface area contributed by atoms with Crippen LogP contribution in [0.1, 0.15) is 26.3 Å². The Hall–Kier alpha value is -1.40. The third-order valence-electron chi connectivity index (χ3n) is 2.80. The molecule has 0 bridgehead atoms. The van der Waals surface area contributed by atoms with Crippen molar-refractivity contribution in [2.45, 2.75) is 33.2 Å². The molecule has 0 aromatic heterocycles. The Morgan fingerprint density at radius 1 is 1.18 bits per heavy atom. The van der Waals surface area contributed by atoms with E-state index in [2.05, 4.69) is 26.6 Å². The van der Waals surface area contributed by atoms with Crippen LogP contribution >= 0.6 is 15.9 Å². The molecule has 0 aliphatic carbocycles. The van der Waals surface area contributed by atoms with Crippen LogP contribution in [-0.2, 0) is 9.59 Å². The van der Waals surface area contributed by atoms with Gasteiger partial charge in [0.05, 0.1) is 13.1 Å². The van der Waals surface area contributed by atoms with Crippen molar-refractivity contribution in [1.29, 1.82) is 0 Å². The summed E-state index contributed by atoms with van der Waals surface area (Å²) >= 11 is 3.39. The highest BCUT2D eigenvalue weighted by atomic mass is 79.9. The Morgan fingerprint density at radius 3 is 2.32 bits per heavy atom. The topological polar surface area (TPSA) is 61.4 Å². The zero-order valence-electron chi connectivity index (χ0n) is 13.8. The number of hydrogen-bond acceptors (Lipinski definition) is 3. The molecule has 0 unspecified atom stereocenters. The van der Waals surface area contributed by atoms with Gasteiger partial charge in [-0.3, -0.25) is 14.5 Å². The molecule has 22 heavy (non-hydrogen) atoms. The van der Waals surface area contributed by atoms with Crippen LogP contribution in [0.2, 0.25) is 0 Å². The lowest BCUT2D eigenvalue weighted by Crippen LogP contribution is -2.46. The number of nitrogens with one attached hydrogen (secondary N) is 2. The first-order valence-corrected chi connectivity index (χ1v) is 7.92. The van der Waals surface area contributed by atoms with E-state index in [1.54, 1.807) is 11.9 Å². The van der Waals surface area contributed by atoms with Gasteiger partial charge in [0.15, 0.2) is 0 Å². The number of rotatable bonds is 5. The molecule has 2 N–H and O–H groups in total. The maximum Gasteiger partial charge on any atom is 0.238 e. The molecule has 0 saturated carbocycles. The van der Waals surface area contributed by atoms with Crippen LogP contribution in [0.5, 0.6) is 0 Å². The van der Waals surface area contributed by atoms with Crippen molar-refractivity contribution < 1.29 is 9.59 Å². The molecule has 0 aliphatic rings. The van der Waals surface area contributed by atoms with Gasteiger partial charge in [-0.25, -0.2) is 0 Å². The zero-order valence-corrected chi connectivity index (χ0v) is 15.4. The van der Waals surface area contributed by atoms with Crippen LogP contribution in [0.15, 0.2) is 22.7 Å². The number of carbonyl (C=O) groups is 2. The first-order valence-electron chi connectivity index (χ1n) is 7.12. The van der Waals surface area contributed by atoms with Crippen LogP contribution in [0.25, 0.3) is 0 Å². The summed E-state index contributed by atoms with van der Waals surface area (Å²) in [5.41, 5.74) is 1.49. The number of carbonyl (C=O) groups excluding carboxylic acids is 2.